The maximum atomic E-state index is 11.6. The van der Waals surface area contributed by atoms with Gasteiger partial charge in [-0.3, -0.25) is 4.90 Å². The molecule has 1 heterocycles. The fraction of sp³-hybridized carbons (Fsp3) is 0.375. The molecule has 29 heavy (non-hydrogen) atoms. The maximum Gasteiger partial charge on any atom is 0.353 e. The SMILES string of the molecule is C/C=C(\N)C(=O)OCCCN1CCN(C(c2ccccc2)c2ccccc2)CC1. The summed E-state index contributed by atoms with van der Waals surface area (Å²) in [5, 5.41) is 0. The fourth-order valence-corrected chi connectivity index (χ4v) is 3.78. The number of allylic oxidation sites excluding steroid dienone is 1. The van der Waals surface area contributed by atoms with Gasteiger partial charge in [-0.15, -0.1) is 0 Å². The van der Waals surface area contributed by atoms with Gasteiger partial charge in [-0.05, 0) is 24.5 Å². The van der Waals surface area contributed by atoms with E-state index in [1.807, 2.05) is 0 Å². The monoisotopic (exact) mass is 393 g/mol. The molecule has 1 aliphatic rings. The summed E-state index contributed by atoms with van der Waals surface area (Å²) in [5.74, 6) is -0.425. The summed E-state index contributed by atoms with van der Waals surface area (Å²) < 4.78 is 5.19. The van der Waals surface area contributed by atoms with Crippen molar-refractivity contribution in [3.63, 3.8) is 0 Å². The Morgan fingerprint density at radius 1 is 1.00 bits per heavy atom. The number of nitrogens with zero attached hydrogens (tertiary/aromatic N) is 2. The minimum Gasteiger partial charge on any atom is -0.461 e. The third-order valence-electron chi connectivity index (χ3n) is 5.40. The zero-order valence-electron chi connectivity index (χ0n) is 17.2. The van der Waals surface area contributed by atoms with Crippen LogP contribution in [0.15, 0.2) is 72.4 Å². The van der Waals surface area contributed by atoms with Crippen LogP contribution in [0.25, 0.3) is 0 Å². The van der Waals surface area contributed by atoms with Crippen LogP contribution in [0.1, 0.15) is 30.5 Å². The molecule has 2 N–H and O–H groups in total. The Kier molecular flexibility index (Phi) is 7.85. The average molecular weight is 394 g/mol. The van der Waals surface area contributed by atoms with Crippen molar-refractivity contribution in [2.45, 2.75) is 19.4 Å². The molecule has 5 nitrogen and oxygen atoms in total. The lowest BCUT2D eigenvalue weighted by atomic mass is 9.96. The molecule has 0 unspecified atom stereocenters. The van der Waals surface area contributed by atoms with E-state index in [9.17, 15) is 4.79 Å². The van der Waals surface area contributed by atoms with Crippen molar-refractivity contribution in [2.75, 3.05) is 39.3 Å². The Balaban J connectivity index is 1.52. The molecule has 2 aromatic rings. The fourth-order valence-electron chi connectivity index (χ4n) is 3.78. The van der Waals surface area contributed by atoms with Crippen LogP contribution in [-0.2, 0) is 9.53 Å². The van der Waals surface area contributed by atoms with Crippen molar-refractivity contribution >= 4 is 5.97 Å². The first-order chi connectivity index (χ1) is 14.2. The lowest BCUT2D eigenvalue weighted by Crippen LogP contribution is -2.48. The van der Waals surface area contributed by atoms with E-state index in [4.69, 9.17) is 10.5 Å². The van der Waals surface area contributed by atoms with Crippen molar-refractivity contribution in [2.24, 2.45) is 5.73 Å². The first-order valence-electron chi connectivity index (χ1n) is 10.3. The number of hydrogen-bond donors (Lipinski definition) is 1. The lowest BCUT2D eigenvalue weighted by Gasteiger charge is -2.39. The van der Waals surface area contributed by atoms with Crippen LogP contribution in [0.5, 0.6) is 0 Å². The number of benzene rings is 2. The third-order valence-corrected chi connectivity index (χ3v) is 5.40. The standard InChI is InChI=1S/C24H31N3O2/c1-2-22(25)24(28)29-19-9-14-26-15-17-27(18-16-26)23(20-10-5-3-6-11-20)21-12-7-4-8-13-21/h2-8,10-13,23H,9,14-19,25H2,1H3/b22-2-. The second kappa shape index (κ2) is 10.8. The summed E-state index contributed by atoms with van der Waals surface area (Å²) >= 11 is 0. The molecule has 2 aromatic carbocycles. The Bertz CT molecular complexity index is 745. The maximum absolute atomic E-state index is 11.6. The number of piperazine rings is 1. The number of ether oxygens (including phenoxy) is 1. The molecular formula is C24H31N3O2. The van der Waals surface area contributed by atoms with Gasteiger partial charge in [-0.2, -0.15) is 0 Å². The van der Waals surface area contributed by atoms with Crippen LogP contribution in [0, 0.1) is 0 Å². The molecule has 3 rings (SSSR count). The van der Waals surface area contributed by atoms with Gasteiger partial charge in [0.25, 0.3) is 0 Å². The highest BCUT2D eigenvalue weighted by atomic mass is 16.5. The lowest BCUT2D eigenvalue weighted by molar-refractivity contribution is -0.139. The number of hydrogen-bond acceptors (Lipinski definition) is 5. The molecule has 0 spiro atoms. The topological polar surface area (TPSA) is 58.8 Å². The van der Waals surface area contributed by atoms with Crippen LogP contribution in [0.4, 0.5) is 0 Å². The minimum atomic E-state index is -0.425. The van der Waals surface area contributed by atoms with Gasteiger partial charge in [0.1, 0.15) is 5.70 Å². The van der Waals surface area contributed by atoms with Crippen LogP contribution in [-0.4, -0.2) is 55.1 Å². The molecule has 0 aromatic heterocycles. The van der Waals surface area contributed by atoms with Gasteiger partial charge >= 0.3 is 5.97 Å². The van der Waals surface area contributed by atoms with Gasteiger partial charge < -0.3 is 15.4 Å². The van der Waals surface area contributed by atoms with Crippen LogP contribution >= 0.6 is 0 Å². The van der Waals surface area contributed by atoms with Crippen LogP contribution in [0.2, 0.25) is 0 Å². The average Bonchev–Trinajstić information content (AvgIpc) is 2.78. The van der Waals surface area contributed by atoms with Crippen molar-refractivity contribution in [3.05, 3.63) is 83.6 Å². The highest BCUT2D eigenvalue weighted by Gasteiger charge is 2.26. The summed E-state index contributed by atoms with van der Waals surface area (Å²) in [6, 6.07) is 21.7. The van der Waals surface area contributed by atoms with Gasteiger partial charge in [0.15, 0.2) is 0 Å². The predicted octanol–water partition coefficient (Wildman–Crippen LogP) is 3.19. The molecule has 5 heteroatoms. The highest BCUT2D eigenvalue weighted by Crippen LogP contribution is 2.29. The summed E-state index contributed by atoms with van der Waals surface area (Å²) in [6.07, 6.45) is 2.39. The molecule has 0 aliphatic carbocycles. The van der Waals surface area contributed by atoms with Gasteiger partial charge in [0.05, 0.1) is 12.6 Å². The molecule has 0 radical (unpaired) electrons. The highest BCUT2D eigenvalue weighted by molar-refractivity contribution is 5.87. The zero-order chi connectivity index (χ0) is 20.5. The normalized spacial score (nSPS) is 16.1. The molecule has 0 atom stereocenters. The van der Waals surface area contributed by atoms with E-state index < -0.39 is 5.97 Å². The summed E-state index contributed by atoms with van der Waals surface area (Å²) in [7, 11) is 0. The smallest absolute Gasteiger partial charge is 0.353 e. The molecule has 0 amide bonds. The van der Waals surface area contributed by atoms with E-state index in [2.05, 4.69) is 70.5 Å². The Morgan fingerprint density at radius 3 is 2.07 bits per heavy atom. The van der Waals surface area contributed by atoms with Gasteiger partial charge in [-0.25, -0.2) is 4.79 Å². The minimum absolute atomic E-state index is 0.173. The molecule has 1 saturated heterocycles. The first kappa shape index (κ1) is 21.1. The van der Waals surface area contributed by atoms with E-state index in [1.54, 1.807) is 13.0 Å². The molecule has 1 fully saturated rings. The largest absolute Gasteiger partial charge is 0.461 e. The molecular weight excluding hydrogens is 362 g/mol. The molecule has 0 saturated carbocycles. The van der Waals surface area contributed by atoms with Crippen molar-refractivity contribution < 1.29 is 9.53 Å². The van der Waals surface area contributed by atoms with E-state index in [0.29, 0.717) is 6.61 Å². The number of esters is 1. The van der Waals surface area contributed by atoms with E-state index in [0.717, 1.165) is 39.1 Å². The van der Waals surface area contributed by atoms with E-state index in [-0.39, 0.29) is 11.7 Å². The molecule has 0 bridgehead atoms. The van der Waals surface area contributed by atoms with Crippen LogP contribution in [0.3, 0.4) is 0 Å². The van der Waals surface area contributed by atoms with E-state index >= 15 is 0 Å². The van der Waals surface area contributed by atoms with Gasteiger partial charge in [0.2, 0.25) is 0 Å². The Hall–Kier alpha value is -2.63. The van der Waals surface area contributed by atoms with Gasteiger partial charge in [-0.1, -0.05) is 66.7 Å². The van der Waals surface area contributed by atoms with E-state index in [1.165, 1.54) is 11.1 Å². The number of rotatable bonds is 8. The molecule has 154 valence electrons. The number of nitrogens with two attached hydrogens (primary N) is 1. The summed E-state index contributed by atoms with van der Waals surface area (Å²) in [6.45, 7) is 7.12. The first-order valence-corrected chi connectivity index (χ1v) is 10.3. The predicted molar refractivity (Wildman–Crippen MR) is 116 cm³/mol. The summed E-state index contributed by atoms with van der Waals surface area (Å²) in [5.41, 5.74) is 8.39. The second-order valence-corrected chi connectivity index (χ2v) is 7.34. The third kappa shape index (κ3) is 5.92. The van der Waals surface area contributed by atoms with Crippen LogP contribution < -0.4 is 5.73 Å². The second-order valence-electron chi connectivity index (χ2n) is 7.34. The Labute approximate surface area is 173 Å². The van der Waals surface area contributed by atoms with Crippen molar-refractivity contribution in [3.8, 4) is 0 Å². The quantitative estimate of drug-likeness (QED) is 0.424. The molecule has 1 aliphatic heterocycles. The zero-order valence-corrected chi connectivity index (χ0v) is 17.2. The summed E-state index contributed by atoms with van der Waals surface area (Å²) in [4.78, 5) is 16.6. The van der Waals surface area contributed by atoms with Crippen molar-refractivity contribution in [1.29, 1.82) is 0 Å². The Morgan fingerprint density at radius 2 is 1.55 bits per heavy atom. The number of carbonyl (C=O) groups excluding carboxylic acids is 1. The van der Waals surface area contributed by atoms with Gasteiger partial charge in [0, 0.05) is 32.7 Å². The van der Waals surface area contributed by atoms with Crippen molar-refractivity contribution in [1.82, 2.24) is 9.80 Å². The number of carbonyl (C=O) groups is 1.